The molecule has 154 valence electrons. The van der Waals surface area contributed by atoms with Gasteiger partial charge in [-0.25, -0.2) is 0 Å². The van der Waals surface area contributed by atoms with Crippen molar-refractivity contribution in [2.24, 2.45) is 5.73 Å². The number of unbranched alkanes of at least 4 members (excludes halogenated alkanes) is 11. The van der Waals surface area contributed by atoms with E-state index in [0.29, 0.717) is 6.42 Å². The number of rotatable bonds is 18. The van der Waals surface area contributed by atoms with Crippen LogP contribution < -0.4 is 5.73 Å². The lowest BCUT2D eigenvalue weighted by Crippen LogP contribution is -2.45. The van der Waals surface area contributed by atoms with E-state index in [1.807, 2.05) is 0 Å². The van der Waals surface area contributed by atoms with Crippen LogP contribution in [-0.2, 0) is 9.53 Å². The van der Waals surface area contributed by atoms with Crippen molar-refractivity contribution >= 4 is 5.97 Å². The number of hydrogen-bond acceptors (Lipinski definition) is 4. The molecule has 0 aliphatic heterocycles. The zero-order valence-electron chi connectivity index (χ0n) is 17.3. The fraction of sp³-hybridized carbons (Fsp3) is 0.864. The van der Waals surface area contributed by atoms with E-state index in [0.717, 1.165) is 12.8 Å². The molecule has 0 aliphatic rings. The standard InChI is InChI=1S/C22H43NO3/c1-3-4-5-6-7-8-9-10-11-12-13-14-15-16-17-18-21(25)26-20-22(2,23)19-24/h10-11,24H,3-9,12-20,23H2,1-2H3/b11-10-. The molecule has 0 bridgehead atoms. The SMILES string of the molecule is CCCCCCCC/C=C\CCCCCCCC(=O)OCC(C)(N)CO. The Morgan fingerprint density at radius 2 is 1.42 bits per heavy atom. The molecule has 26 heavy (non-hydrogen) atoms. The minimum Gasteiger partial charge on any atom is -0.464 e. The van der Waals surface area contributed by atoms with E-state index in [-0.39, 0.29) is 19.2 Å². The molecular weight excluding hydrogens is 326 g/mol. The average molecular weight is 370 g/mol. The molecular formula is C22H43NO3. The van der Waals surface area contributed by atoms with Crippen molar-refractivity contribution in [1.82, 2.24) is 0 Å². The van der Waals surface area contributed by atoms with Crippen LogP contribution in [0.4, 0.5) is 0 Å². The number of hydrogen-bond donors (Lipinski definition) is 2. The van der Waals surface area contributed by atoms with Crippen LogP contribution in [0, 0.1) is 0 Å². The summed E-state index contributed by atoms with van der Waals surface area (Å²) in [5, 5.41) is 9.00. The Kier molecular flexibility index (Phi) is 17.0. The van der Waals surface area contributed by atoms with Gasteiger partial charge in [-0.15, -0.1) is 0 Å². The minimum absolute atomic E-state index is 0.0768. The lowest BCUT2D eigenvalue weighted by atomic mass is 10.1. The highest BCUT2D eigenvalue weighted by Crippen LogP contribution is 2.10. The Bertz CT molecular complexity index is 353. The maximum Gasteiger partial charge on any atom is 0.305 e. The molecule has 0 fully saturated rings. The van der Waals surface area contributed by atoms with Crippen LogP contribution in [-0.4, -0.2) is 29.8 Å². The molecule has 0 amide bonds. The van der Waals surface area contributed by atoms with Crippen LogP contribution in [0.2, 0.25) is 0 Å². The van der Waals surface area contributed by atoms with Gasteiger partial charge in [0.05, 0.1) is 12.1 Å². The molecule has 4 heteroatoms. The Labute approximate surface area is 161 Å². The summed E-state index contributed by atoms with van der Waals surface area (Å²) in [4.78, 5) is 11.6. The number of allylic oxidation sites excluding steroid dienone is 2. The van der Waals surface area contributed by atoms with Crippen molar-refractivity contribution in [3.63, 3.8) is 0 Å². The van der Waals surface area contributed by atoms with Crippen LogP contribution in [0.25, 0.3) is 0 Å². The normalized spacial score (nSPS) is 13.8. The minimum atomic E-state index is -0.835. The summed E-state index contributed by atoms with van der Waals surface area (Å²) in [5.74, 6) is -0.215. The summed E-state index contributed by atoms with van der Waals surface area (Å²) < 4.78 is 5.08. The van der Waals surface area contributed by atoms with E-state index >= 15 is 0 Å². The number of carbonyl (C=O) groups is 1. The monoisotopic (exact) mass is 369 g/mol. The van der Waals surface area contributed by atoms with E-state index in [9.17, 15) is 4.79 Å². The predicted octanol–water partition coefficient (Wildman–Crippen LogP) is 5.28. The third kappa shape index (κ3) is 17.9. The zero-order valence-corrected chi connectivity index (χ0v) is 17.3. The topological polar surface area (TPSA) is 72.5 Å². The fourth-order valence-corrected chi connectivity index (χ4v) is 2.70. The first kappa shape index (κ1) is 25.1. The largest absolute Gasteiger partial charge is 0.464 e. The van der Waals surface area contributed by atoms with E-state index in [1.165, 1.54) is 70.6 Å². The van der Waals surface area contributed by atoms with Gasteiger partial charge in [-0.2, -0.15) is 0 Å². The van der Waals surface area contributed by atoms with Gasteiger partial charge >= 0.3 is 5.97 Å². The van der Waals surface area contributed by atoms with E-state index < -0.39 is 5.54 Å². The number of ether oxygens (including phenoxy) is 1. The lowest BCUT2D eigenvalue weighted by Gasteiger charge is -2.20. The molecule has 0 saturated heterocycles. The molecule has 0 heterocycles. The lowest BCUT2D eigenvalue weighted by molar-refractivity contribution is -0.145. The van der Waals surface area contributed by atoms with Gasteiger partial charge < -0.3 is 15.6 Å². The highest BCUT2D eigenvalue weighted by molar-refractivity contribution is 5.69. The number of aliphatic hydroxyl groups excluding tert-OH is 1. The molecule has 3 N–H and O–H groups in total. The third-order valence-electron chi connectivity index (χ3n) is 4.57. The maximum atomic E-state index is 11.6. The highest BCUT2D eigenvalue weighted by Gasteiger charge is 2.19. The number of carbonyl (C=O) groups excluding carboxylic acids is 1. The van der Waals surface area contributed by atoms with Crippen molar-refractivity contribution < 1.29 is 14.6 Å². The van der Waals surface area contributed by atoms with Gasteiger partial charge in [0.15, 0.2) is 0 Å². The Morgan fingerprint density at radius 1 is 0.923 bits per heavy atom. The van der Waals surface area contributed by atoms with Crippen molar-refractivity contribution in [3.8, 4) is 0 Å². The van der Waals surface area contributed by atoms with Crippen LogP contribution in [0.1, 0.15) is 104 Å². The molecule has 1 unspecified atom stereocenters. The molecule has 0 rings (SSSR count). The molecule has 0 saturated carbocycles. The average Bonchev–Trinajstić information content (AvgIpc) is 2.63. The zero-order chi connectivity index (χ0) is 19.5. The summed E-state index contributed by atoms with van der Waals surface area (Å²) in [7, 11) is 0. The fourth-order valence-electron chi connectivity index (χ4n) is 2.70. The van der Waals surface area contributed by atoms with Crippen LogP contribution in [0.15, 0.2) is 12.2 Å². The van der Waals surface area contributed by atoms with E-state index in [2.05, 4.69) is 19.1 Å². The number of esters is 1. The predicted molar refractivity (Wildman–Crippen MR) is 110 cm³/mol. The molecule has 0 spiro atoms. The Balaban J connectivity index is 3.30. The summed E-state index contributed by atoms with van der Waals surface area (Å²) in [6, 6.07) is 0. The summed E-state index contributed by atoms with van der Waals surface area (Å²) in [6.45, 7) is 3.82. The van der Waals surface area contributed by atoms with Gasteiger partial charge in [0, 0.05) is 6.42 Å². The molecule has 0 aromatic heterocycles. The third-order valence-corrected chi connectivity index (χ3v) is 4.57. The Hall–Kier alpha value is -0.870. The highest BCUT2D eigenvalue weighted by atomic mass is 16.5. The van der Waals surface area contributed by atoms with Crippen molar-refractivity contribution in [3.05, 3.63) is 12.2 Å². The van der Waals surface area contributed by atoms with Crippen LogP contribution in [0.5, 0.6) is 0 Å². The molecule has 0 aliphatic carbocycles. The van der Waals surface area contributed by atoms with Gasteiger partial charge in [-0.05, 0) is 39.0 Å². The Morgan fingerprint density at radius 3 is 1.96 bits per heavy atom. The van der Waals surface area contributed by atoms with Crippen molar-refractivity contribution in [1.29, 1.82) is 0 Å². The first-order valence-electron chi connectivity index (χ1n) is 10.7. The second-order valence-electron chi connectivity index (χ2n) is 7.81. The summed E-state index contributed by atoms with van der Waals surface area (Å²) in [6.07, 6.45) is 21.3. The van der Waals surface area contributed by atoms with Crippen LogP contribution >= 0.6 is 0 Å². The molecule has 0 aromatic rings. The molecule has 1 atom stereocenters. The van der Waals surface area contributed by atoms with Gasteiger partial charge in [-0.1, -0.05) is 70.4 Å². The quantitative estimate of drug-likeness (QED) is 0.196. The molecule has 0 aromatic carbocycles. The van der Waals surface area contributed by atoms with E-state index in [4.69, 9.17) is 15.6 Å². The van der Waals surface area contributed by atoms with Crippen molar-refractivity contribution in [2.45, 2.75) is 109 Å². The van der Waals surface area contributed by atoms with E-state index in [1.54, 1.807) is 6.92 Å². The van der Waals surface area contributed by atoms with Crippen LogP contribution in [0.3, 0.4) is 0 Å². The smallest absolute Gasteiger partial charge is 0.305 e. The molecule has 4 nitrogen and oxygen atoms in total. The maximum absolute atomic E-state index is 11.6. The van der Waals surface area contributed by atoms with Gasteiger partial charge in [-0.3, -0.25) is 4.79 Å². The van der Waals surface area contributed by atoms with Gasteiger partial charge in [0.25, 0.3) is 0 Å². The first-order valence-corrected chi connectivity index (χ1v) is 10.7. The first-order chi connectivity index (χ1) is 12.5. The van der Waals surface area contributed by atoms with Crippen molar-refractivity contribution in [2.75, 3.05) is 13.2 Å². The number of nitrogens with two attached hydrogens (primary N) is 1. The second-order valence-corrected chi connectivity index (χ2v) is 7.81. The summed E-state index contributed by atoms with van der Waals surface area (Å²) in [5.41, 5.74) is 4.88. The van der Waals surface area contributed by atoms with Gasteiger partial charge in [0.2, 0.25) is 0 Å². The summed E-state index contributed by atoms with van der Waals surface area (Å²) >= 11 is 0. The molecule has 0 radical (unpaired) electrons. The van der Waals surface area contributed by atoms with Gasteiger partial charge in [0.1, 0.15) is 6.61 Å². The number of aliphatic hydroxyl groups is 1. The second kappa shape index (κ2) is 17.5.